The Labute approximate surface area is 415 Å². The Morgan fingerprint density at radius 3 is 2.45 bits per heavy atom. The molecule has 5 heterocycles. The van der Waals surface area contributed by atoms with Gasteiger partial charge in [0.05, 0.1) is 23.0 Å². The number of ether oxygens (including phenoxy) is 4. The summed E-state index contributed by atoms with van der Waals surface area (Å²) in [4.78, 5) is 39.0. The number of nitrogens with two attached hydrogens (primary N) is 1. The maximum Gasteiger partial charge on any atom is 0.339 e. The lowest BCUT2D eigenvalue weighted by molar-refractivity contribution is -0.384. The van der Waals surface area contributed by atoms with Gasteiger partial charge in [0.15, 0.2) is 17.2 Å². The highest BCUT2D eigenvalue weighted by Gasteiger charge is 2.50. The monoisotopic (exact) mass is 994 g/mol. The van der Waals surface area contributed by atoms with Gasteiger partial charge in [-0.15, -0.1) is 0 Å². The van der Waals surface area contributed by atoms with E-state index < -0.39 is 31.5 Å². The van der Waals surface area contributed by atoms with Gasteiger partial charge in [-0.1, -0.05) is 38.1 Å². The Balaban J connectivity index is 0.838. The number of anilines is 2. The summed E-state index contributed by atoms with van der Waals surface area (Å²) < 4.78 is 48.8. The number of carboxylic acid groups (broad SMARTS) is 1. The molecule has 380 valence electrons. The summed E-state index contributed by atoms with van der Waals surface area (Å²) in [6, 6.07) is 20.9. The lowest BCUT2D eigenvalue weighted by Crippen LogP contribution is -2.59. The number of rotatable bonds is 19. The number of sulfonamides is 1. The third-order valence-electron chi connectivity index (χ3n) is 15.0. The van der Waals surface area contributed by atoms with Crippen molar-refractivity contribution in [2.45, 2.75) is 88.1 Å². The zero-order valence-corrected chi connectivity index (χ0v) is 41.6. The summed E-state index contributed by atoms with van der Waals surface area (Å²) in [7, 11) is -2.05. The summed E-state index contributed by atoms with van der Waals surface area (Å²) in [5.74, 6) is 0.140. The van der Waals surface area contributed by atoms with Crippen LogP contribution in [-0.4, -0.2) is 123 Å². The molecule has 4 fully saturated rings. The van der Waals surface area contributed by atoms with Crippen LogP contribution < -0.4 is 29.6 Å². The lowest BCUT2D eigenvalue weighted by Gasteiger charge is -2.58. The Morgan fingerprint density at radius 2 is 1.73 bits per heavy atom. The molecule has 18 nitrogen and oxygen atoms in total. The average molecular weight is 995 g/mol. The molecular formula is C52H66N8O10S. The van der Waals surface area contributed by atoms with Crippen molar-refractivity contribution in [1.29, 1.82) is 0 Å². The molecular weight excluding hydrogens is 929 g/mol. The Hall–Kier alpha value is -5.99. The number of pyridine rings is 1. The molecule has 0 amide bonds. The minimum absolute atomic E-state index is 0.00143. The molecule has 1 atom stereocenters. The summed E-state index contributed by atoms with van der Waals surface area (Å²) in [6.07, 6.45) is 8.69. The lowest BCUT2D eigenvalue weighted by atomic mass is 9.59. The van der Waals surface area contributed by atoms with E-state index in [1.54, 1.807) is 24.4 Å². The summed E-state index contributed by atoms with van der Waals surface area (Å²) in [5.41, 5.74) is 4.29. The van der Waals surface area contributed by atoms with Crippen molar-refractivity contribution in [2.24, 2.45) is 16.5 Å². The first kappa shape index (κ1) is 50.0. The Kier molecular flexibility index (Phi) is 15.1. The van der Waals surface area contributed by atoms with Gasteiger partial charge in [-0.3, -0.25) is 15.0 Å². The largest absolute Gasteiger partial charge is 0.491 e. The number of hydrogen-bond donors (Lipinski definition) is 4. The van der Waals surface area contributed by atoms with Crippen molar-refractivity contribution in [3.05, 3.63) is 99.7 Å². The molecule has 1 spiro atoms. The number of primary sulfonamides is 1. The molecule has 3 aromatic carbocycles. The van der Waals surface area contributed by atoms with Crippen molar-refractivity contribution in [3.63, 3.8) is 0 Å². The molecule has 5 N–H and O–H groups in total. The number of aromatic nitrogens is 2. The maximum absolute atomic E-state index is 12.6. The summed E-state index contributed by atoms with van der Waals surface area (Å²) in [6.45, 7) is 11.3. The minimum atomic E-state index is -4.29. The maximum atomic E-state index is 12.6. The van der Waals surface area contributed by atoms with Gasteiger partial charge in [-0.05, 0) is 111 Å². The molecule has 1 unspecified atom stereocenters. The van der Waals surface area contributed by atoms with Crippen LogP contribution in [0, 0.1) is 21.4 Å². The SMILES string of the molecule is CC(C)c1ccccc1C1CN(C)CCN1C1CC2(CCN(c3ccc(C(=O)O)c(Oc4cc5cc[nH]c5nc4OCCCCOc4cc(S(N)(=O)=O)cc([N+](=O)[O-])c4NCC4CCOCC4)c3)CC2)C1. The first-order valence-electron chi connectivity index (χ1n) is 24.9. The van der Waals surface area contributed by atoms with Crippen molar-refractivity contribution in [3.8, 4) is 23.1 Å². The number of nitro groups is 1. The second-order valence-corrected chi connectivity index (χ2v) is 21.7. The zero-order chi connectivity index (χ0) is 49.9. The molecule has 1 aliphatic carbocycles. The third-order valence-corrected chi connectivity index (χ3v) is 15.9. The number of piperazine rings is 1. The summed E-state index contributed by atoms with van der Waals surface area (Å²) in [5, 5.41) is 31.7. The third kappa shape index (κ3) is 11.4. The first-order chi connectivity index (χ1) is 34.1. The van der Waals surface area contributed by atoms with Gasteiger partial charge < -0.3 is 44.2 Å². The number of nitrogens with zero attached hydrogens (tertiary/aromatic N) is 5. The molecule has 5 aromatic rings. The second kappa shape index (κ2) is 21.4. The molecule has 1 saturated carbocycles. The first-order valence-corrected chi connectivity index (χ1v) is 26.4. The van der Waals surface area contributed by atoms with Crippen LogP contribution >= 0.6 is 0 Å². The standard InChI is InChI=1S/C52H66N8O10S/c1-34(2)40-8-4-5-9-41(40)44-33-57(3)20-21-59(44)38-30-52(31-38)15-18-58(19-16-52)37-10-11-42(51(61)62)45(27-37)70-47-26-36-12-17-54-49(36)56-50(47)69-23-7-6-22-68-46-29-39(71(53,65)66)28-43(60(63)64)48(46)55-32-35-13-24-67-25-14-35/h4-5,8-12,17,26-29,34-35,38,44,55H,6-7,13-16,18-25,30-33H2,1-3H3,(H,54,56)(H,61,62)(H2,53,65,66). The molecule has 3 aliphatic heterocycles. The molecule has 4 aliphatic rings. The number of H-pyrrole nitrogens is 1. The van der Waals surface area contributed by atoms with E-state index in [-0.39, 0.29) is 53.5 Å². The van der Waals surface area contributed by atoms with Crippen molar-refractivity contribution >= 4 is 44.1 Å². The summed E-state index contributed by atoms with van der Waals surface area (Å²) >= 11 is 0. The van der Waals surface area contributed by atoms with Gasteiger partial charge in [-0.2, -0.15) is 4.98 Å². The number of benzene rings is 3. The van der Waals surface area contributed by atoms with Gasteiger partial charge >= 0.3 is 5.97 Å². The van der Waals surface area contributed by atoms with Crippen LogP contribution in [0.15, 0.2) is 77.8 Å². The van der Waals surface area contributed by atoms with Crippen LogP contribution in [-0.2, 0) is 14.8 Å². The van der Waals surface area contributed by atoms with Crippen LogP contribution in [0.5, 0.6) is 23.1 Å². The van der Waals surface area contributed by atoms with Crippen LogP contribution in [0.4, 0.5) is 17.1 Å². The van der Waals surface area contributed by atoms with Gasteiger partial charge in [0.25, 0.3) is 11.6 Å². The molecule has 0 radical (unpaired) electrons. The number of carbonyl (C=O) groups is 1. The number of nitro benzene ring substituents is 1. The average Bonchev–Trinajstić information content (AvgIpc) is 3.81. The highest BCUT2D eigenvalue weighted by molar-refractivity contribution is 7.89. The van der Waals surface area contributed by atoms with Crippen LogP contribution in [0.2, 0.25) is 0 Å². The Morgan fingerprint density at radius 1 is 0.986 bits per heavy atom. The van der Waals surface area contributed by atoms with Crippen LogP contribution in [0.1, 0.15) is 98.7 Å². The second-order valence-electron chi connectivity index (χ2n) is 20.1. The number of fused-ring (bicyclic) bond motifs is 1. The highest BCUT2D eigenvalue weighted by atomic mass is 32.2. The van der Waals surface area contributed by atoms with E-state index >= 15 is 0 Å². The molecule has 9 rings (SSSR count). The smallest absolute Gasteiger partial charge is 0.339 e. The molecule has 2 aromatic heterocycles. The minimum Gasteiger partial charge on any atom is -0.491 e. The van der Waals surface area contributed by atoms with E-state index in [9.17, 15) is 28.4 Å². The fraction of sp³-hybridized carbons (Fsp3) is 0.500. The molecule has 19 heteroatoms. The highest BCUT2D eigenvalue weighted by Crippen LogP contribution is 2.53. The topological polar surface area (TPSA) is 228 Å². The fourth-order valence-electron chi connectivity index (χ4n) is 10.9. The van der Waals surface area contributed by atoms with Crippen LogP contribution in [0.3, 0.4) is 0 Å². The van der Waals surface area contributed by atoms with E-state index in [1.807, 2.05) is 12.1 Å². The number of likely N-dealkylation sites (N-methyl/N-ethyl adjacent to an activating group) is 1. The predicted molar refractivity (Wildman–Crippen MR) is 271 cm³/mol. The number of carboxylic acids is 1. The predicted octanol–water partition coefficient (Wildman–Crippen LogP) is 8.55. The number of unbranched alkanes of at least 4 members (excludes halogenated alkanes) is 1. The van der Waals surface area contributed by atoms with Gasteiger partial charge in [0.2, 0.25) is 10.0 Å². The number of aromatic carboxylic acids is 1. The van der Waals surface area contributed by atoms with E-state index in [0.717, 1.165) is 75.5 Å². The van der Waals surface area contributed by atoms with E-state index in [0.29, 0.717) is 61.7 Å². The molecule has 0 bridgehead atoms. The number of piperidine rings is 1. The normalized spacial score (nSPS) is 19.2. The van der Waals surface area contributed by atoms with E-state index in [4.69, 9.17) is 24.1 Å². The van der Waals surface area contributed by atoms with Crippen molar-refractivity contribution in [2.75, 3.05) is 83.0 Å². The number of aromatic amines is 1. The number of nitrogens with one attached hydrogen (secondary N) is 2. The molecule has 71 heavy (non-hydrogen) atoms. The van der Waals surface area contributed by atoms with Crippen molar-refractivity contribution in [1.82, 2.24) is 19.8 Å². The van der Waals surface area contributed by atoms with Gasteiger partial charge in [0, 0.05) is 100 Å². The zero-order valence-electron chi connectivity index (χ0n) is 40.8. The number of hydrogen-bond acceptors (Lipinski definition) is 14. The fourth-order valence-corrected chi connectivity index (χ4v) is 11.5. The van der Waals surface area contributed by atoms with Crippen molar-refractivity contribution < 1.29 is 42.2 Å². The molecule has 3 saturated heterocycles. The Bertz CT molecular complexity index is 2820. The van der Waals surface area contributed by atoms with Crippen LogP contribution in [0.25, 0.3) is 11.0 Å². The van der Waals surface area contributed by atoms with E-state index in [2.05, 4.69) is 75.1 Å². The van der Waals surface area contributed by atoms with Gasteiger partial charge in [-0.25, -0.2) is 18.4 Å². The quantitative estimate of drug-likeness (QED) is 0.0345. The van der Waals surface area contributed by atoms with Gasteiger partial charge in [0.1, 0.15) is 17.0 Å². The van der Waals surface area contributed by atoms with E-state index in [1.165, 1.54) is 30.0 Å².